The highest BCUT2D eigenvalue weighted by molar-refractivity contribution is 5.85. The average molecular weight is 387 g/mol. The Morgan fingerprint density at radius 1 is 1.10 bits per heavy atom. The van der Waals surface area contributed by atoms with E-state index in [0.717, 1.165) is 39.0 Å². The minimum absolute atomic E-state index is 0.116. The van der Waals surface area contributed by atoms with Gasteiger partial charge in [0.25, 0.3) is 0 Å². The number of hydrogen-bond acceptors (Lipinski definition) is 2. The van der Waals surface area contributed by atoms with Crippen molar-refractivity contribution in [3.63, 3.8) is 0 Å². The van der Waals surface area contributed by atoms with Gasteiger partial charge < -0.3 is 9.72 Å². The van der Waals surface area contributed by atoms with Crippen LogP contribution in [0.1, 0.15) is 42.6 Å². The molecule has 2 aliphatic rings. The van der Waals surface area contributed by atoms with Crippen molar-refractivity contribution in [3.8, 4) is 0 Å². The fourth-order valence-electron chi connectivity index (χ4n) is 5.39. The lowest BCUT2D eigenvalue weighted by atomic mass is 9.69. The van der Waals surface area contributed by atoms with Gasteiger partial charge in [-0.3, -0.25) is 4.90 Å². The Balaban J connectivity index is 1.41. The predicted octanol–water partition coefficient (Wildman–Crippen LogP) is 5.64. The summed E-state index contributed by atoms with van der Waals surface area (Å²) < 4.78 is 6.11. The smallest absolute Gasteiger partial charge is 0.0716 e. The van der Waals surface area contributed by atoms with Crippen molar-refractivity contribution in [2.45, 2.75) is 38.8 Å². The number of H-pyrrole nitrogens is 1. The summed E-state index contributed by atoms with van der Waals surface area (Å²) in [6, 6.07) is 19.7. The van der Waals surface area contributed by atoms with Crippen LogP contribution in [0.15, 0.2) is 66.7 Å². The Kier molecular flexibility index (Phi) is 5.03. The minimum atomic E-state index is 0.116. The van der Waals surface area contributed by atoms with Crippen molar-refractivity contribution >= 4 is 10.9 Å². The summed E-state index contributed by atoms with van der Waals surface area (Å²) in [5, 5.41) is 1.40. The first kappa shape index (κ1) is 18.7. The van der Waals surface area contributed by atoms with Gasteiger partial charge in [-0.15, -0.1) is 0 Å². The molecule has 0 aliphatic carbocycles. The van der Waals surface area contributed by atoms with Crippen molar-refractivity contribution in [2.75, 3.05) is 19.7 Å². The molecule has 5 rings (SSSR count). The number of nitrogens with zero attached hydrogens (tertiary/aromatic N) is 1. The molecule has 1 N–H and O–H groups in total. The van der Waals surface area contributed by atoms with Crippen molar-refractivity contribution in [3.05, 3.63) is 83.6 Å². The van der Waals surface area contributed by atoms with Crippen LogP contribution in [-0.4, -0.2) is 29.6 Å². The van der Waals surface area contributed by atoms with Crippen LogP contribution in [0.2, 0.25) is 0 Å². The van der Waals surface area contributed by atoms with E-state index in [2.05, 4.69) is 83.6 Å². The molecule has 3 heterocycles. The van der Waals surface area contributed by atoms with Crippen molar-refractivity contribution in [2.24, 2.45) is 5.41 Å². The zero-order valence-corrected chi connectivity index (χ0v) is 17.2. The van der Waals surface area contributed by atoms with Crippen LogP contribution in [0.25, 0.3) is 10.9 Å². The number of aromatic amines is 1. The Morgan fingerprint density at radius 3 is 2.79 bits per heavy atom. The van der Waals surface area contributed by atoms with E-state index in [-0.39, 0.29) is 5.41 Å². The van der Waals surface area contributed by atoms with E-state index >= 15 is 0 Å². The molecule has 3 heteroatoms. The van der Waals surface area contributed by atoms with Crippen molar-refractivity contribution < 1.29 is 4.74 Å². The summed E-state index contributed by atoms with van der Waals surface area (Å²) in [5.41, 5.74) is 5.60. The minimum Gasteiger partial charge on any atom is -0.377 e. The Bertz CT molecular complexity index is 1010. The summed E-state index contributed by atoms with van der Waals surface area (Å²) in [7, 11) is 0. The maximum Gasteiger partial charge on any atom is 0.0716 e. The lowest BCUT2D eigenvalue weighted by Crippen LogP contribution is -2.47. The highest BCUT2D eigenvalue weighted by atomic mass is 16.5. The number of hydrogen-bond donors (Lipinski definition) is 1. The maximum atomic E-state index is 6.11. The number of para-hydroxylation sites is 1. The number of fused-ring (bicyclic) bond motifs is 5. The molecule has 29 heavy (non-hydrogen) atoms. The predicted molar refractivity (Wildman–Crippen MR) is 119 cm³/mol. The Morgan fingerprint density at radius 2 is 1.93 bits per heavy atom. The highest BCUT2D eigenvalue weighted by Crippen LogP contribution is 2.50. The molecule has 1 aromatic heterocycles. The Labute approximate surface area is 173 Å². The SMILES string of the molecule is CC[C@]1(CCOCc2ccccc2)C=CCN2CCc3c([nH]c4ccccc34)[C@H]21. The molecule has 0 unspecified atom stereocenters. The van der Waals surface area contributed by atoms with Crippen LogP contribution in [0.3, 0.4) is 0 Å². The van der Waals surface area contributed by atoms with Crippen LogP contribution >= 0.6 is 0 Å². The third kappa shape index (κ3) is 3.33. The summed E-state index contributed by atoms with van der Waals surface area (Å²) in [6.45, 7) is 5.99. The van der Waals surface area contributed by atoms with E-state index in [1.807, 2.05) is 0 Å². The largest absolute Gasteiger partial charge is 0.377 e. The summed E-state index contributed by atoms with van der Waals surface area (Å²) in [5.74, 6) is 0. The molecule has 3 nitrogen and oxygen atoms in total. The molecular weight excluding hydrogens is 356 g/mol. The van der Waals surface area contributed by atoms with E-state index in [1.165, 1.54) is 27.7 Å². The van der Waals surface area contributed by atoms with Gasteiger partial charge in [0.2, 0.25) is 0 Å². The number of aromatic nitrogens is 1. The lowest BCUT2D eigenvalue weighted by molar-refractivity contribution is 0.0324. The molecule has 3 aromatic rings. The molecule has 0 bridgehead atoms. The molecular formula is C26H30N2O. The van der Waals surface area contributed by atoms with Gasteiger partial charge in [-0.05, 0) is 36.5 Å². The zero-order valence-electron chi connectivity index (χ0n) is 17.2. The van der Waals surface area contributed by atoms with Crippen LogP contribution in [0.5, 0.6) is 0 Å². The molecule has 0 radical (unpaired) electrons. The molecule has 0 spiro atoms. The molecule has 2 aromatic carbocycles. The number of benzene rings is 2. The fourth-order valence-corrected chi connectivity index (χ4v) is 5.39. The van der Waals surface area contributed by atoms with E-state index in [0.29, 0.717) is 12.6 Å². The average Bonchev–Trinajstić information content (AvgIpc) is 3.16. The van der Waals surface area contributed by atoms with Gasteiger partial charge in [-0.25, -0.2) is 0 Å². The first-order valence-corrected chi connectivity index (χ1v) is 10.9. The summed E-state index contributed by atoms with van der Waals surface area (Å²) >= 11 is 0. The first-order chi connectivity index (χ1) is 14.3. The van der Waals surface area contributed by atoms with Crippen molar-refractivity contribution in [1.29, 1.82) is 0 Å². The molecule has 2 atom stereocenters. The quantitative estimate of drug-likeness (QED) is 0.439. The van der Waals surface area contributed by atoms with E-state index in [4.69, 9.17) is 4.74 Å². The molecule has 2 aliphatic heterocycles. The first-order valence-electron chi connectivity index (χ1n) is 10.9. The Hall–Kier alpha value is -2.36. The van der Waals surface area contributed by atoms with Gasteiger partial charge in [0.1, 0.15) is 0 Å². The normalized spacial score (nSPS) is 23.8. The van der Waals surface area contributed by atoms with Gasteiger partial charge in [0.05, 0.1) is 12.6 Å². The topological polar surface area (TPSA) is 28.3 Å². The second kappa shape index (κ2) is 7.81. The van der Waals surface area contributed by atoms with E-state index < -0.39 is 0 Å². The summed E-state index contributed by atoms with van der Waals surface area (Å²) in [4.78, 5) is 6.47. The number of nitrogens with one attached hydrogen (secondary N) is 1. The van der Waals surface area contributed by atoms with Gasteiger partial charge in [0.15, 0.2) is 0 Å². The van der Waals surface area contributed by atoms with E-state index in [9.17, 15) is 0 Å². The number of ether oxygens (including phenoxy) is 1. The van der Waals surface area contributed by atoms with Gasteiger partial charge in [-0.2, -0.15) is 0 Å². The zero-order chi connectivity index (χ0) is 19.7. The molecule has 0 saturated carbocycles. The monoisotopic (exact) mass is 386 g/mol. The van der Waals surface area contributed by atoms with Crippen LogP contribution in [-0.2, 0) is 17.8 Å². The van der Waals surface area contributed by atoms with Gasteiger partial charge >= 0.3 is 0 Å². The fraction of sp³-hybridized carbons (Fsp3) is 0.385. The molecule has 0 fully saturated rings. The molecule has 0 saturated heterocycles. The standard InChI is InChI=1S/C26H30N2O/c1-2-26(15-18-29-19-20-9-4-3-5-10-20)14-8-16-28-17-13-22-21-11-6-7-12-23(21)27-24(22)25(26)28/h3-12,14,25,27H,2,13,15-19H2,1H3/t25-,26+/m0/s1. The second-order valence-electron chi connectivity index (χ2n) is 8.49. The number of rotatable bonds is 6. The summed E-state index contributed by atoms with van der Waals surface area (Å²) in [6.07, 6.45) is 8.16. The van der Waals surface area contributed by atoms with Gasteiger partial charge in [0, 0.05) is 41.7 Å². The van der Waals surface area contributed by atoms with Crippen LogP contribution < -0.4 is 0 Å². The highest BCUT2D eigenvalue weighted by Gasteiger charge is 2.45. The molecule has 150 valence electrons. The molecule has 0 amide bonds. The van der Waals surface area contributed by atoms with Crippen LogP contribution in [0, 0.1) is 5.41 Å². The van der Waals surface area contributed by atoms with Crippen LogP contribution in [0.4, 0.5) is 0 Å². The second-order valence-corrected chi connectivity index (χ2v) is 8.49. The van der Waals surface area contributed by atoms with Gasteiger partial charge in [-0.1, -0.05) is 67.6 Å². The lowest BCUT2D eigenvalue weighted by Gasteiger charge is -2.49. The maximum absolute atomic E-state index is 6.11. The third-order valence-electron chi connectivity index (χ3n) is 6.95. The third-order valence-corrected chi connectivity index (χ3v) is 6.95. The van der Waals surface area contributed by atoms with Crippen molar-refractivity contribution in [1.82, 2.24) is 9.88 Å². The van der Waals surface area contributed by atoms with E-state index in [1.54, 1.807) is 0 Å².